The number of nitrogens with zero attached hydrogens (tertiary/aromatic N) is 4. The Bertz CT molecular complexity index is 917. The Hall–Kier alpha value is -2.38. The Morgan fingerprint density at radius 1 is 1.30 bits per heavy atom. The molecule has 3 heterocycles. The second kappa shape index (κ2) is 7.32. The molecule has 0 bridgehead atoms. The molecule has 1 amide bonds. The van der Waals surface area contributed by atoms with Gasteiger partial charge < -0.3 is 20.0 Å². The Labute approximate surface area is 161 Å². The van der Waals surface area contributed by atoms with E-state index in [0.717, 1.165) is 47.2 Å². The van der Waals surface area contributed by atoms with Crippen LogP contribution in [0.2, 0.25) is 5.28 Å². The molecule has 1 aromatic carbocycles. The highest BCUT2D eigenvalue weighted by Gasteiger charge is 2.27. The number of aliphatic hydroxyl groups excluding tert-OH is 1. The van der Waals surface area contributed by atoms with Gasteiger partial charge in [0.05, 0.1) is 18.2 Å². The van der Waals surface area contributed by atoms with Crippen molar-refractivity contribution in [1.82, 2.24) is 14.9 Å². The summed E-state index contributed by atoms with van der Waals surface area (Å²) >= 11 is 6.19. The first-order chi connectivity index (χ1) is 13.1. The summed E-state index contributed by atoms with van der Waals surface area (Å²) in [6.07, 6.45) is 3.67. The van der Waals surface area contributed by atoms with Crippen LogP contribution >= 0.6 is 11.6 Å². The molecule has 2 aromatic rings. The maximum Gasteiger partial charge on any atom is 0.407 e. The Kier molecular flexibility index (Phi) is 4.88. The standard InChI is InChI=1S/C19H21ClN4O3/c20-18-21-16-10-13(12-5-8-23(9-6-12)19(26)27)3-4-15(16)17(22-18)24-7-1-2-14(24)11-25/h3-5,10,14,25H,1-2,6-9,11H2,(H,26,27). The number of benzene rings is 1. The van der Waals surface area contributed by atoms with Gasteiger partial charge in [-0.25, -0.2) is 9.78 Å². The van der Waals surface area contributed by atoms with Gasteiger partial charge in [-0.1, -0.05) is 12.1 Å². The SMILES string of the molecule is O=C(O)N1CC=C(c2ccc3c(N4CCCC4CO)nc(Cl)nc3c2)CC1. The van der Waals surface area contributed by atoms with Crippen LogP contribution in [0.5, 0.6) is 0 Å². The lowest BCUT2D eigenvalue weighted by molar-refractivity contribution is 0.150. The molecule has 2 aliphatic rings. The highest BCUT2D eigenvalue weighted by Crippen LogP contribution is 2.33. The van der Waals surface area contributed by atoms with Crippen molar-refractivity contribution in [2.75, 3.05) is 31.1 Å². The second-order valence-corrected chi connectivity index (χ2v) is 7.27. The minimum Gasteiger partial charge on any atom is -0.465 e. The van der Waals surface area contributed by atoms with Gasteiger partial charge in [0.2, 0.25) is 5.28 Å². The number of aromatic nitrogens is 2. The molecule has 1 unspecified atom stereocenters. The van der Waals surface area contributed by atoms with Gasteiger partial charge in [0.1, 0.15) is 5.82 Å². The van der Waals surface area contributed by atoms with Crippen molar-refractivity contribution in [1.29, 1.82) is 0 Å². The summed E-state index contributed by atoms with van der Waals surface area (Å²) in [5.41, 5.74) is 2.89. The van der Waals surface area contributed by atoms with E-state index in [4.69, 9.17) is 16.7 Å². The fraction of sp³-hybridized carbons (Fsp3) is 0.421. The first kappa shape index (κ1) is 18.0. The van der Waals surface area contributed by atoms with E-state index in [1.807, 2.05) is 24.3 Å². The smallest absolute Gasteiger partial charge is 0.407 e. The van der Waals surface area contributed by atoms with Crippen LogP contribution in [0.3, 0.4) is 0 Å². The first-order valence-corrected chi connectivity index (χ1v) is 9.46. The normalized spacial score (nSPS) is 20.2. The maximum atomic E-state index is 11.1. The predicted octanol–water partition coefficient (Wildman–Crippen LogP) is 3.01. The summed E-state index contributed by atoms with van der Waals surface area (Å²) in [7, 11) is 0. The lowest BCUT2D eigenvalue weighted by atomic mass is 9.98. The number of amides is 1. The van der Waals surface area contributed by atoms with Crippen molar-refractivity contribution >= 4 is 40.0 Å². The van der Waals surface area contributed by atoms with E-state index in [-0.39, 0.29) is 17.9 Å². The number of carboxylic acid groups (broad SMARTS) is 1. The Morgan fingerprint density at radius 3 is 2.85 bits per heavy atom. The molecule has 1 atom stereocenters. The van der Waals surface area contributed by atoms with Crippen LogP contribution in [-0.2, 0) is 0 Å². The molecule has 0 saturated carbocycles. The minimum atomic E-state index is -0.892. The summed E-state index contributed by atoms with van der Waals surface area (Å²) < 4.78 is 0. The topological polar surface area (TPSA) is 89.8 Å². The number of rotatable bonds is 3. The maximum absolute atomic E-state index is 11.1. The number of hydrogen-bond donors (Lipinski definition) is 2. The summed E-state index contributed by atoms with van der Waals surface area (Å²) in [4.78, 5) is 23.4. The molecular weight excluding hydrogens is 368 g/mol. The molecule has 8 heteroatoms. The van der Waals surface area contributed by atoms with Crippen molar-refractivity contribution in [3.63, 3.8) is 0 Å². The Balaban J connectivity index is 1.70. The summed E-state index contributed by atoms with van der Waals surface area (Å²) in [5.74, 6) is 0.766. The van der Waals surface area contributed by atoms with E-state index in [9.17, 15) is 9.90 Å². The van der Waals surface area contributed by atoms with E-state index >= 15 is 0 Å². The minimum absolute atomic E-state index is 0.0573. The molecule has 1 aromatic heterocycles. The quantitative estimate of drug-likeness (QED) is 0.785. The van der Waals surface area contributed by atoms with Crippen molar-refractivity contribution in [3.05, 3.63) is 35.1 Å². The number of anilines is 1. The van der Waals surface area contributed by atoms with Crippen LogP contribution in [0.4, 0.5) is 10.6 Å². The molecule has 27 heavy (non-hydrogen) atoms. The van der Waals surface area contributed by atoms with Gasteiger partial charge in [0.25, 0.3) is 0 Å². The van der Waals surface area contributed by atoms with Gasteiger partial charge >= 0.3 is 6.09 Å². The molecule has 0 radical (unpaired) electrons. The third kappa shape index (κ3) is 3.44. The average Bonchev–Trinajstić information content (AvgIpc) is 3.15. The Morgan fingerprint density at radius 2 is 2.15 bits per heavy atom. The zero-order chi connectivity index (χ0) is 19.0. The molecule has 1 saturated heterocycles. The first-order valence-electron chi connectivity index (χ1n) is 9.09. The molecule has 1 fully saturated rings. The lowest BCUT2D eigenvalue weighted by Gasteiger charge is -2.26. The fourth-order valence-electron chi connectivity index (χ4n) is 3.91. The van der Waals surface area contributed by atoms with E-state index in [1.165, 1.54) is 4.90 Å². The van der Waals surface area contributed by atoms with Gasteiger partial charge in [-0.15, -0.1) is 0 Å². The second-order valence-electron chi connectivity index (χ2n) is 6.93. The van der Waals surface area contributed by atoms with Gasteiger partial charge in [0, 0.05) is 25.0 Å². The number of halogens is 1. The molecule has 7 nitrogen and oxygen atoms in total. The molecule has 4 rings (SSSR count). The van der Waals surface area contributed by atoms with Crippen LogP contribution in [0, 0.1) is 0 Å². The van der Waals surface area contributed by atoms with Crippen LogP contribution in [0.15, 0.2) is 24.3 Å². The van der Waals surface area contributed by atoms with E-state index in [2.05, 4.69) is 14.9 Å². The monoisotopic (exact) mass is 388 g/mol. The van der Waals surface area contributed by atoms with Crippen molar-refractivity contribution in [2.24, 2.45) is 0 Å². The number of carbonyl (C=O) groups is 1. The largest absolute Gasteiger partial charge is 0.465 e. The number of aliphatic hydroxyl groups is 1. The van der Waals surface area contributed by atoms with E-state index in [0.29, 0.717) is 19.5 Å². The van der Waals surface area contributed by atoms with Gasteiger partial charge in [0.15, 0.2) is 0 Å². The fourth-order valence-corrected chi connectivity index (χ4v) is 4.08. The predicted molar refractivity (Wildman–Crippen MR) is 104 cm³/mol. The van der Waals surface area contributed by atoms with Crippen LogP contribution in [-0.4, -0.2) is 63.5 Å². The average molecular weight is 389 g/mol. The summed E-state index contributed by atoms with van der Waals surface area (Å²) in [6.45, 7) is 1.81. The molecule has 0 spiro atoms. The highest BCUT2D eigenvalue weighted by molar-refractivity contribution is 6.28. The van der Waals surface area contributed by atoms with E-state index < -0.39 is 6.09 Å². The van der Waals surface area contributed by atoms with Gasteiger partial charge in [-0.05, 0) is 54.1 Å². The van der Waals surface area contributed by atoms with Crippen LogP contribution in [0.25, 0.3) is 16.5 Å². The van der Waals surface area contributed by atoms with Gasteiger partial charge in [-0.2, -0.15) is 4.98 Å². The lowest BCUT2D eigenvalue weighted by Crippen LogP contribution is -2.33. The molecule has 142 valence electrons. The third-order valence-corrected chi connectivity index (χ3v) is 5.53. The zero-order valence-corrected chi connectivity index (χ0v) is 15.6. The summed E-state index contributed by atoms with van der Waals surface area (Å²) in [5, 5.41) is 19.8. The van der Waals surface area contributed by atoms with Crippen molar-refractivity contribution in [3.8, 4) is 0 Å². The molecule has 0 aliphatic carbocycles. The molecule has 2 aliphatic heterocycles. The van der Waals surface area contributed by atoms with Crippen LogP contribution in [0.1, 0.15) is 24.8 Å². The van der Waals surface area contributed by atoms with Gasteiger partial charge in [-0.3, -0.25) is 0 Å². The zero-order valence-electron chi connectivity index (χ0n) is 14.8. The molecule has 2 N–H and O–H groups in total. The third-order valence-electron chi connectivity index (χ3n) is 5.36. The number of fused-ring (bicyclic) bond motifs is 1. The van der Waals surface area contributed by atoms with Crippen LogP contribution < -0.4 is 4.90 Å². The van der Waals surface area contributed by atoms with Crippen molar-refractivity contribution < 1.29 is 15.0 Å². The summed E-state index contributed by atoms with van der Waals surface area (Å²) in [6, 6.07) is 6.06. The van der Waals surface area contributed by atoms with E-state index in [1.54, 1.807) is 0 Å². The molecular formula is C19H21ClN4O3. The highest BCUT2D eigenvalue weighted by atomic mass is 35.5. The van der Waals surface area contributed by atoms with Crippen molar-refractivity contribution in [2.45, 2.75) is 25.3 Å². The number of hydrogen-bond acceptors (Lipinski definition) is 5.